The van der Waals surface area contributed by atoms with Crippen molar-refractivity contribution >= 4 is 27.3 Å². The maximum absolute atomic E-state index is 13.3. The van der Waals surface area contributed by atoms with Crippen LogP contribution in [0.15, 0.2) is 77.7 Å². The molecule has 0 aliphatic carbocycles. The van der Waals surface area contributed by atoms with Gasteiger partial charge in [-0.05, 0) is 62.4 Å². The van der Waals surface area contributed by atoms with Gasteiger partial charge in [0.1, 0.15) is 18.1 Å². The molecule has 31 heavy (non-hydrogen) atoms. The fourth-order valence-electron chi connectivity index (χ4n) is 2.92. The van der Waals surface area contributed by atoms with Crippen molar-refractivity contribution in [2.45, 2.75) is 18.7 Å². The Bertz CT molecular complexity index is 1150. The van der Waals surface area contributed by atoms with Gasteiger partial charge in [-0.3, -0.25) is 9.10 Å². The summed E-state index contributed by atoms with van der Waals surface area (Å²) in [5.74, 6) is -0.484. The largest absolute Gasteiger partial charge is 0.494 e. The fraction of sp³-hybridized carbons (Fsp3) is 0.174. The van der Waals surface area contributed by atoms with E-state index in [1.165, 1.54) is 12.1 Å². The number of anilines is 2. The first kappa shape index (κ1) is 22.3. The third-order valence-electron chi connectivity index (χ3n) is 4.44. The number of nitrogens with one attached hydrogen (secondary N) is 1. The fourth-order valence-corrected chi connectivity index (χ4v) is 4.34. The number of amides is 1. The first-order valence-electron chi connectivity index (χ1n) is 9.67. The standard InChI is InChI=1S/C23H23FN2O4S/c1-3-30-21-6-4-5-19(15-21)25-23(27)16-26(20-11-7-17(2)8-12-20)31(28,29)22-13-9-18(24)10-14-22/h4-15H,3,16H2,1-2H3,(H,25,27). The Hall–Kier alpha value is -3.39. The zero-order valence-corrected chi connectivity index (χ0v) is 18.0. The number of nitrogens with zero attached hydrogens (tertiary/aromatic N) is 1. The molecule has 3 aromatic carbocycles. The minimum absolute atomic E-state index is 0.111. The summed E-state index contributed by atoms with van der Waals surface area (Å²) in [5.41, 5.74) is 1.76. The summed E-state index contributed by atoms with van der Waals surface area (Å²) in [5, 5.41) is 2.70. The lowest BCUT2D eigenvalue weighted by Crippen LogP contribution is -2.38. The molecule has 0 atom stereocenters. The number of aryl methyl sites for hydroxylation is 1. The Morgan fingerprint density at radius 1 is 1.03 bits per heavy atom. The van der Waals surface area contributed by atoms with E-state index in [1.54, 1.807) is 48.5 Å². The van der Waals surface area contributed by atoms with Gasteiger partial charge in [0.05, 0.1) is 17.2 Å². The van der Waals surface area contributed by atoms with Crippen LogP contribution >= 0.6 is 0 Å². The van der Waals surface area contributed by atoms with E-state index in [0.717, 1.165) is 22.0 Å². The van der Waals surface area contributed by atoms with Gasteiger partial charge in [-0.15, -0.1) is 0 Å². The molecule has 162 valence electrons. The van der Waals surface area contributed by atoms with Crippen molar-refractivity contribution in [1.82, 2.24) is 0 Å². The molecule has 0 bridgehead atoms. The van der Waals surface area contributed by atoms with E-state index >= 15 is 0 Å². The average molecular weight is 443 g/mol. The number of carbonyl (C=O) groups is 1. The zero-order chi connectivity index (χ0) is 22.4. The van der Waals surface area contributed by atoms with E-state index in [-0.39, 0.29) is 4.90 Å². The Morgan fingerprint density at radius 2 is 1.71 bits per heavy atom. The van der Waals surface area contributed by atoms with E-state index < -0.39 is 28.3 Å². The Kier molecular flexibility index (Phi) is 6.91. The molecular formula is C23H23FN2O4S. The molecule has 1 amide bonds. The SMILES string of the molecule is CCOc1cccc(NC(=O)CN(c2ccc(C)cc2)S(=O)(=O)c2ccc(F)cc2)c1. The van der Waals surface area contributed by atoms with Crippen molar-refractivity contribution in [2.75, 3.05) is 22.8 Å². The van der Waals surface area contributed by atoms with Crippen LogP contribution in [0, 0.1) is 12.7 Å². The van der Waals surface area contributed by atoms with Gasteiger partial charge in [-0.2, -0.15) is 0 Å². The van der Waals surface area contributed by atoms with Crippen LogP contribution in [0.3, 0.4) is 0 Å². The topological polar surface area (TPSA) is 75.7 Å². The summed E-state index contributed by atoms with van der Waals surface area (Å²) in [4.78, 5) is 12.6. The zero-order valence-electron chi connectivity index (χ0n) is 17.2. The molecule has 1 N–H and O–H groups in total. The third kappa shape index (κ3) is 5.61. The molecule has 0 aliphatic heterocycles. The van der Waals surface area contributed by atoms with Crippen LogP contribution in [0.1, 0.15) is 12.5 Å². The first-order valence-corrected chi connectivity index (χ1v) is 11.1. The molecule has 0 spiro atoms. The lowest BCUT2D eigenvalue weighted by Gasteiger charge is -2.24. The van der Waals surface area contributed by atoms with Gasteiger partial charge in [0, 0.05) is 11.8 Å². The van der Waals surface area contributed by atoms with E-state index in [4.69, 9.17) is 4.74 Å². The predicted molar refractivity (Wildman–Crippen MR) is 118 cm³/mol. The van der Waals surface area contributed by atoms with Crippen molar-refractivity contribution in [2.24, 2.45) is 0 Å². The summed E-state index contributed by atoms with van der Waals surface area (Å²) in [6.45, 7) is 3.75. The van der Waals surface area contributed by atoms with Crippen molar-refractivity contribution in [3.05, 3.63) is 84.2 Å². The number of carbonyl (C=O) groups excluding carboxylic acids is 1. The molecule has 0 radical (unpaired) electrons. The Morgan fingerprint density at radius 3 is 2.35 bits per heavy atom. The molecule has 0 saturated carbocycles. The van der Waals surface area contributed by atoms with Gasteiger partial charge in [0.15, 0.2) is 0 Å². The van der Waals surface area contributed by atoms with Crippen LogP contribution < -0.4 is 14.4 Å². The number of hydrogen-bond donors (Lipinski definition) is 1. The van der Waals surface area contributed by atoms with Crippen molar-refractivity contribution < 1.29 is 22.3 Å². The molecule has 0 heterocycles. The second-order valence-corrected chi connectivity index (χ2v) is 8.67. The summed E-state index contributed by atoms with van der Waals surface area (Å²) < 4.78 is 46.2. The highest BCUT2D eigenvalue weighted by molar-refractivity contribution is 7.92. The lowest BCUT2D eigenvalue weighted by atomic mass is 10.2. The minimum Gasteiger partial charge on any atom is -0.494 e. The summed E-state index contributed by atoms with van der Waals surface area (Å²) >= 11 is 0. The number of benzene rings is 3. The van der Waals surface area contributed by atoms with Gasteiger partial charge in [-0.25, -0.2) is 12.8 Å². The second kappa shape index (κ2) is 9.61. The normalized spacial score (nSPS) is 11.1. The van der Waals surface area contributed by atoms with E-state index in [9.17, 15) is 17.6 Å². The monoisotopic (exact) mass is 442 g/mol. The third-order valence-corrected chi connectivity index (χ3v) is 6.23. The van der Waals surface area contributed by atoms with Crippen molar-refractivity contribution in [3.63, 3.8) is 0 Å². The van der Waals surface area contributed by atoms with Gasteiger partial charge >= 0.3 is 0 Å². The van der Waals surface area contributed by atoms with Gasteiger partial charge in [0.2, 0.25) is 5.91 Å². The molecule has 0 aromatic heterocycles. The lowest BCUT2D eigenvalue weighted by molar-refractivity contribution is -0.114. The predicted octanol–water partition coefficient (Wildman–Crippen LogP) is 4.37. The van der Waals surface area contributed by atoms with Gasteiger partial charge in [0.25, 0.3) is 10.0 Å². The number of halogens is 1. The Balaban J connectivity index is 1.90. The highest BCUT2D eigenvalue weighted by Crippen LogP contribution is 2.25. The molecule has 3 rings (SSSR count). The second-order valence-electron chi connectivity index (χ2n) is 6.81. The van der Waals surface area contributed by atoms with Crippen molar-refractivity contribution in [1.29, 1.82) is 0 Å². The molecule has 0 aliphatic rings. The first-order chi connectivity index (χ1) is 14.8. The van der Waals surface area contributed by atoms with Crippen LogP contribution in [-0.4, -0.2) is 27.5 Å². The quantitative estimate of drug-likeness (QED) is 0.562. The van der Waals surface area contributed by atoms with Crippen LogP contribution in [-0.2, 0) is 14.8 Å². The van der Waals surface area contributed by atoms with Crippen LogP contribution in [0.2, 0.25) is 0 Å². The Labute approximate surface area is 181 Å². The molecule has 0 unspecified atom stereocenters. The molecule has 6 nitrogen and oxygen atoms in total. The van der Waals surface area contributed by atoms with E-state index in [0.29, 0.717) is 23.7 Å². The maximum atomic E-state index is 13.3. The molecular weight excluding hydrogens is 419 g/mol. The number of sulfonamides is 1. The average Bonchev–Trinajstić information content (AvgIpc) is 2.73. The summed E-state index contributed by atoms with van der Waals surface area (Å²) in [7, 11) is -4.11. The minimum atomic E-state index is -4.11. The van der Waals surface area contributed by atoms with Gasteiger partial charge in [-0.1, -0.05) is 23.8 Å². The van der Waals surface area contributed by atoms with Gasteiger partial charge < -0.3 is 10.1 Å². The molecule has 8 heteroatoms. The maximum Gasteiger partial charge on any atom is 0.264 e. The molecule has 3 aromatic rings. The van der Waals surface area contributed by atoms with Crippen LogP contribution in [0.25, 0.3) is 0 Å². The van der Waals surface area contributed by atoms with E-state index in [1.807, 2.05) is 13.8 Å². The van der Waals surface area contributed by atoms with Crippen LogP contribution in [0.5, 0.6) is 5.75 Å². The van der Waals surface area contributed by atoms with E-state index in [2.05, 4.69) is 5.32 Å². The number of ether oxygens (including phenoxy) is 1. The summed E-state index contributed by atoms with van der Waals surface area (Å²) in [6, 6.07) is 18.1. The van der Waals surface area contributed by atoms with Crippen LogP contribution in [0.4, 0.5) is 15.8 Å². The smallest absolute Gasteiger partial charge is 0.264 e. The number of hydrogen-bond acceptors (Lipinski definition) is 4. The highest BCUT2D eigenvalue weighted by Gasteiger charge is 2.27. The van der Waals surface area contributed by atoms with Crippen molar-refractivity contribution in [3.8, 4) is 5.75 Å². The molecule has 0 saturated heterocycles. The highest BCUT2D eigenvalue weighted by atomic mass is 32.2. The molecule has 0 fully saturated rings. The summed E-state index contributed by atoms with van der Waals surface area (Å²) in [6.07, 6.45) is 0. The number of rotatable bonds is 8.